The summed E-state index contributed by atoms with van der Waals surface area (Å²) in [6, 6.07) is 0. The van der Waals surface area contributed by atoms with Gasteiger partial charge in [0.05, 0.1) is 21.6 Å². The van der Waals surface area contributed by atoms with Gasteiger partial charge in [-0.1, -0.05) is 51.2 Å². The second-order valence-corrected chi connectivity index (χ2v) is 11.3. The zero-order valence-corrected chi connectivity index (χ0v) is 14.4. The summed E-state index contributed by atoms with van der Waals surface area (Å²) in [6.07, 6.45) is 2.59. The molecule has 1 unspecified atom stereocenters. The SMILES string of the molecule is [2H]/C(=C1\CC(C(=O)OCCCC)=C(O)CC1C)[Si](C)(C)C. The van der Waals surface area contributed by atoms with Gasteiger partial charge in [-0.05, 0) is 12.3 Å². The van der Waals surface area contributed by atoms with E-state index < -0.39 is 14.0 Å². The van der Waals surface area contributed by atoms with E-state index in [0.29, 0.717) is 30.7 Å². The molecule has 1 aliphatic carbocycles. The molecule has 0 heterocycles. The van der Waals surface area contributed by atoms with Gasteiger partial charge in [0, 0.05) is 12.8 Å². The molecule has 0 saturated carbocycles. The third-order valence-electron chi connectivity index (χ3n) is 3.32. The summed E-state index contributed by atoms with van der Waals surface area (Å²) in [4.78, 5) is 12.1. The molecule has 1 aliphatic rings. The molecule has 0 aromatic carbocycles. The predicted octanol–water partition coefficient (Wildman–Crippen LogP) is 4.38. The minimum atomic E-state index is -1.72. The molecule has 0 saturated heterocycles. The van der Waals surface area contributed by atoms with Crippen molar-refractivity contribution in [1.82, 2.24) is 0 Å². The number of hydrogen-bond donors (Lipinski definition) is 1. The Hall–Kier alpha value is -1.03. The van der Waals surface area contributed by atoms with Crippen LogP contribution in [0, 0.1) is 5.92 Å². The number of esters is 1. The van der Waals surface area contributed by atoms with E-state index in [1.165, 1.54) is 0 Å². The Morgan fingerprint density at radius 3 is 2.75 bits per heavy atom. The smallest absolute Gasteiger partial charge is 0.337 e. The van der Waals surface area contributed by atoms with Crippen LogP contribution in [0.4, 0.5) is 0 Å². The first-order valence-electron chi connectivity index (χ1n) is 7.96. The highest BCUT2D eigenvalue weighted by Crippen LogP contribution is 2.34. The van der Waals surface area contributed by atoms with Crippen molar-refractivity contribution in [3.63, 3.8) is 0 Å². The highest BCUT2D eigenvalue weighted by molar-refractivity contribution is 6.81. The normalized spacial score (nSPS) is 23.4. The van der Waals surface area contributed by atoms with Crippen LogP contribution in [0.25, 0.3) is 0 Å². The molecule has 0 spiro atoms. The van der Waals surface area contributed by atoms with Crippen LogP contribution >= 0.6 is 0 Å². The van der Waals surface area contributed by atoms with E-state index in [2.05, 4.69) is 19.6 Å². The average Bonchev–Trinajstić information content (AvgIpc) is 2.37. The molecule has 0 amide bonds. The van der Waals surface area contributed by atoms with E-state index in [4.69, 9.17) is 6.11 Å². The lowest BCUT2D eigenvalue weighted by Crippen LogP contribution is -2.23. The molecule has 20 heavy (non-hydrogen) atoms. The molecule has 0 aromatic rings. The fraction of sp³-hybridized carbons (Fsp3) is 0.688. The molecule has 0 bridgehead atoms. The summed E-state index contributed by atoms with van der Waals surface area (Å²) >= 11 is 0. The molecule has 1 rings (SSSR count). The zero-order chi connectivity index (χ0) is 16.2. The van der Waals surface area contributed by atoms with E-state index in [1.807, 2.05) is 13.8 Å². The lowest BCUT2D eigenvalue weighted by molar-refractivity contribution is -0.139. The molecule has 114 valence electrons. The van der Waals surface area contributed by atoms with Crippen LogP contribution in [0.1, 0.15) is 40.9 Å². The number of rotatable bonds is 5. The summed E-state index contributed by atoms with van der Waals surface area (Å²) in [7, 11) is -1.72. The van der Waals surface area contributed by atoms with E-state index in [9.17, 15) is 9.90 Å². The molecule has 0 aromatic heterocycles. The summed E-state index contributed by atoms with van der Waals surface area (Å²) < 4.78 is 13.6. The van der Waals surface area contributed by atoms with Crippen molar-refractivity contribution in [1.29, 1.82) is 0 Å². The van der Waals surface area contributed by atoms with Crippen molar-refractivity contribution >= 4 is 14.0 Å². The van der Waals surface area contributed by atoms with Crippen LogP contribution in [0.3, 0.4) is 0 Å². The number of carbonyl (C=O) groups excluding carboxylic acids is 1. The molecule has 0 aliphatic heterocycles. The predicted molar refractivity (Wildman–Crippen MR) is 85.3 cm³/mol. The summed E-state index contributed by atoms with van der Waals surface area (Å²) in [5, 5.41) is 10.1. The highest BCUT2D eigenvalue weighted by atomic mass is 28.3. The van der Waals surface area contributed by atoms with Gasteiger partial charge in [-0.15, -0.1) is 0 Å². The molecular weight excluding hydrogens is 268 g/mol. The van der Waals surface area contributed by atoms with Crippen LogP contribution in [-0.2, 0) is 9.53 Å². The van der Waals surface area contributed by atoms with Gasteiger partial charge in [0.1, 0.15) is 5.76 Å². The van der Waals surface area contributed by atoms with Crippen molar-refractivity contribution in [3.05, 3.63) is 22.6 Å². The Balaban J connectivity index is 2.97. The zero-order valence-electron chi connectivity index (χ0n) is 14.4. The third-order valence-corrected chi connectivity index (χ3v) is 4.39. The second kappa shape index (κ2) is 7.11. The molecular formula is C16H28O3Si. The van der Waals surface area contributed by atoms with Gasteiger partial charge in [0.25, 0.3) is 0 Å². The molecule has 0 fully saturated rings. The van der Waals surface area contributed by atoms with E-state index in [1.54, 1.807) is 0 Å². The fourth-order valence-corrected chi connectivity index (χ4v) is 3.54. The Bertz CT molecular complexity index is 461. The fourth-order valence-electron chi connectivity index (χ4n) is 2.24. The van der Waals surface area contributed by atoms with Gasteiger partial charge in [-0.25, -0.2) is 4.79 Å². The van der Waals surface area contributed by atoms with Crippen LogP contribution in [0.2, 0.25) is 19.6 Å². The number of allylic oxidation sites excluding steroid dienone is 2. The van der Waals surface area contributed by atoms with Gasteiger partial charge in [-0.2, -0.15) is 0 Å². The Labute approximate surface area is 125 Å². The lowest BCUT2D eigenvalue weighted by atomic mass is 9.85. The topological polar surface area (TPSA) is 46.5 Å². The van der Waals surface area contributed by atoms with E-state index in [0.717, 1.165) is 18.4 Å². The first-order chi connectivity index (χ1) is 9.68. The maximum absolute atomic E-state index is 12.1. The lowest BCUT2D eigenvalue weighted by Gasteiger charge is -2.26. The van der Waals surface area contributed by atoms with Crippen molar-refractivity contribution in [2.45, 2.75) is 59.2 Å². The minimum Gasteiger partial charge on any atom is -0.512 e. The molecule has 4 heteroatoms. The molecule has 1 atom stereocenters. The van der Waals surface area contributed by atoms with Gasteiger partial charge in [-0.3, -0.25) is 0 Å². The summed E-state index contributed by atoms with van der Waals surface area (Å²) in [5.74, 6) is -0.165. The standard InChI is InChI=1S/C16H28O3Si/c1-6-7-8-19-16(18)14-10-13(11-20(3,4)5)12(2)9-15(14)17/h11-12,17H,6-10H2,1-5H3/b13-11-/i11D. The average molecular weight is 297 g/mol. The Morgan fingerprint density at radius 1 is 1.55 bits per heavy atom. The van der Waals surface area contributed by atoms with Crippen LogP contribution < -0.4 is 0 Å². The first kappa shape index (κ1) is 15.4. The van der Waals surface area contributed by atoms with Crippen LogP contribution in [0.15, 0.2) is 22.6 Å². The summed E-state index contributed by atoms with van der Waals surface area (Å²) in [5.41, 5.74) is 2.04. The molecule has 1 N–H and O–H groups in total. The van der Waals surface area contributed by atoms with Crippen molar-refractivity contribution < 1.29 is 16.0 Å². The molecule has 0 radical (unpaired) electrons. The van der Waals surface area contributed by atoms with E-state index >= 15 is 0 Å². The van der Waals surface area contributed by atoms with Crippen LogP contribution in [-0.4, -0.2) is 25.8 Å². The van der Waals surface area contributed by atoms with Gasteiger partial charge in [0.15, 0.2) is 0 Å². The van der Waals surface area contributed by atoms with E-state index in [-0.39, 0.29) is 11.7 Å². The van der Waals surface area contributed by atoms with Gasteiger partial charge < -0.3 is 9.84 Å². The molecule has 3 nitrogen and oxygen atoms in total. The van der Waals surface area contributed by atoms with Crippen molar-refractivity contribution in [2.75, 3.05) is 6.61 Å². The summed E-state index contributed by atoms with van der Waals surface area (Å²) in [6.45, 7) is 10.8. The Kier molecular flexibility index (Phi) is 5.46. The number of hydrogen-bond acceptors (Lipinski definition) is 3. The van der Waals surface area contributed by atoms with Gasteiger partial charge in [0.2, 0.25) is 0 Å². The number of carbonyl (C=O) groups is 1. The quantitative estimate of drug-likeness (QED) is 0.465. The number of aliphatic hydroxyl groups is 1. The second-order valence-electron chi connectivity index (χ2n) is 6.60. The number of ether oxygens (including phenoxy) is 1. The highest BCUT2D eigenvalue weighted by Gasteiger charge is 2.28. The minimum absolute atomic E-state index is 0.122. The largest absolute Gasteiger partial charge is 0.512 e. The van der Waals surface area contributed by atoms with Crippen molar-refractivity contribution in [2.24, 2.45) is 5.92 Å². The van der Waals surface area contributed by atoms with Gasteiger partial charge >= 0.3 is 5.97 Å². The maximum Gasteiger partial charge on any atom is 0.337 e. The number of unbranched alkanes of at least 4 members (excludes halogenated alkanes) is 1. The number of aliphatic hydroxyl groups excluding tert-OH is 1. The Morgan fingerprint density at radius 2 is 2.20 bits per heavy atom. The van der Waals surface area contributed by atoms with Crippen molar-refractivity contribution in [3.8, 4) is 0 Å². The first-order valence-corrected chi connectivity index (χ1v) is 11.0. The third kappa shape index (κ3) is 5.16. The van der Waals surface area contributed by atoms with Crippen LogP contribution in [0.5, 0.6) is 0 Å². The monoisotopic (exact) mass is 297 g/mol. The maximum atomic E-state index is 12.1.